The van der Waals surface area contributed by atoms with E-state index in [9.17, 15) is 9.18 Å². The van der Waals surface area contributed by atoms with Gasteiger partial charge in [0.25, 0.3) is 0 Å². The summed E-state index contributed by atoms with van der Waals surface area (Å²) in [5, 5.41) is 8.41. The standard InChI is InChI=1S/C10H20FN3O2S/c1-10(2,3)16-9(15)14-7-6-13-8(17)12-5-4-11/h4-7H2,1-3H3,(H,14,15)(H2,12,13,17). The van der Waals surface area contributed by atoms with Crippen molar-refractivity contribution in [1.29, 1.82) is 0 Å². The Bertz CT molecular complexity index is 256. The van der Waals surface area contributed by atoms with Crippen molar-refractivity contribution in [3.8, 4) is 0 Å². The molecule has 100 valence electrons. The molecule has 0 heterocycles. The fourth-order valence-corrected chi connectivity index (χ4v) is 1.08. The molecule has 0 rings (SSSR count). The Morgan fingerprint density at radius 3 is 2.24 bits per heavy atom. The highest BCUT2D eigenvalue weighted by atomic mass is 32.1. The number of nitrogens with one attached hydrogen (secondary N) is 3. The van der Waals surface area contributed by atoms with E-state index in [0.717, 1.165) is 0 Å². The summed E-state index contributed by atoms with van der Waals surface area (Å²) in [5.74, 6) is 0. The molecule has 0 bridgehead atoms. The minimum absolute atomic E-state index is 0.186. The topological polar surface area (TPSA) is 62.4 Å². The van der Waals surface area contributed by atoms with Crippen LogP contribution in [0.3, 0.4) is 0 Å². The number of alkyl halides is 1. The maximum Gasteiger partial charge on any atom is 0.407 e. The number of hydrogen-bond acceptors (Lipinski definition) is 3. The average molecular weight is 265 g/mol. The summed E-state index contributed by atoms with van der Waals surface area (Å²) in [5.41, 5.74) is -0.504. The van der Waals surface area contributed by atoms with Crippen molar-refractivity contribution in [2.45, 2.75) is 26.4 Å². The third-order valence-electron chi connectivity index (χ3n) is 1.46. The van der Waals surface area contributed by atoms with E-state index in [1.54, 1.807) is 20.8 Å². The quantitative estimate of drug-likeness (QED) is 0.510. The zero-order valence-corrected chi connectivity index (χ0v) is 11.2. The molecule has 0 aromatic heterocycles. The second kappa shape index (κ2) is 8.05. The predicted molar refractivity (Wildman–Crippen MR) is 68.8 cm³/mol. The van der Waals surface area contributed by atoms with Gasteiger partial charge in [0.1, 0.15) is 12.3 Å². The van der Waals surface area contributed by atoms with Crippen LogP contribution in [0.1, 0.15) is 20.8 Å². The zero-order valence-electron chi connectivity index (χ0n) is 10.4. The average Bonchev–Trinajstić information content (AvgIpc) is 2.19. The van der Waals surface area contributed by atoms with Gasteiger partial charge in [0, 0.05) is 19.6 Å². The monoisotopic (exact) mass is 265 g/mol. The van der Waals surface area contributed by atoms with Gasteiger partial charge in [-0.05, 0) is 33.0 Å². The molecule has 1 amide bonds. The third kappa shape index (κ3) is 11.2. The molecule has 0 radical (unpaired) electrons. The molecule has 3 N–H and O–H groups in total. The van der Waals surface area contributed by atoms with Crippen LogP contribution >= 0.6 is 12.2 Å². The molecule has 0 aromatic rings. The van der Waals surface area contributed by atoms with Crippen LogP contribution in [0.5, 0.6) is 0 Å². The van der Waals surface area contributed by atoms with Crippen LogP contribution in [-0.2, 0) is 4.74 Å². The number of hydrogen-bond donors (Lipinski definition) is 3. The Balaban J connectivity index is 3.51. The minimum Gasteiger partial charge on any atom is -0.444 e. The van der Waals surface area contributed by atoms with Crippen molar-refractivity contribution in [3.63, 3.8) is 0 Å². The maximum absolute atomic E-state index is 11.8. The van der Waals surface area contributed by atoms with Crippen LogP contribution in [0.15, 0.2) is 0 Å². The Hall–Kier alpha value is -1.11. The highest BCUT2D eigenvalue weighted by Crippen LogP contribution is 2.05. The zero-order chi connectivity index (χ0) is 13.3. The van der Waals surface area contributed by atoms with Gasteiger partial charge in [0.15, 0.2) is 5.11 Å². The predicted octanol–water partition coefficient (Wildman–Crippen LogP) is 0.945. The van der Waals surface area contributed by atoms with E-state index in [-0.39, 0.29) is 6.54 Å². The molecule has 0 aliphatic heterocycles. The van der Waals surface area contributed by atoms with Gasteiger partial charge >= 0.3 is 6.09 Å². The van der Waals surface area contributed by atoms with Crippen LogP contribution in [0, 0.1) is 0 Å². The Labute approximate surface area is 106 Å². The van der Waals surface area contributed by atoms with Crippen molar-refractivity contribution in [2.24, 2.45) is 0 Å². The lowest BCUT2D eigenvalue weighted by Crippen LogP contribution is -2.41. The van der Waals surface area contributed by atoms with E-state index in [2.05, 4.69) is 16.0 Å². The molecule has 0 aliphatic carbocycles. The van der Waals surface area contributed by atoms with Gasteiger partial charge in [0.2, 0.25) is 0 Å². The maximum atomic E-state index is 11.8. The summed E-state index contributed by atoms with van der Waals surface area (Å²) in [7, 11) is 0. The molecule has 0 aliphatic rings. The smallest absolute Gasteiger partial charge is 0.407 e. The Morgan fingerprint density at radius 2 is 1.71 bits per heavy atom. The molecular weight excluding hydrogens is 245 g/mol. The lowest BCUT2D eigenvalue weighted by atomic mass is 10.2. The van der Waals surface area contributed by atoms with Crippen molar-refractivity contribution in [3.05, 3.63) is 0 Å². The molecule has 0 spiro atoms. The lowest BCUT2D eigenvalue weighted by Gasteiger charge is -2.19. The molecule has 7 heteroatoms. The van der Waals surface area contributed by atoms with Crippen LogP contribution in [-0.4, -0.2) is 43.1 Å². The van der Waals surface area contributed by atoms with E-state index in [1.165, 1.54) is 0 Å². The van der Waals surface area contributed by atoms with Crippen molar-refractivity contribution in [1.82, 2.24) is 16.0 Å². The second-order valence-corrected chi connectivity index (χ2v) is 4.71. The van der Waals surface area contributed by atoms with Gasteiger partial charge < -0.3 is 20.7 Å². The molecule has 0 atom stereocenters. The minimum atomic E-state index is -0.504. The fraction of sp³-hybridized carbons (Fsp3) is 0.800. The SMILES string of the molecule is CC(C)(C)OC(=O)NCCNC(=S)NCCF. The Kier molecular flexibility index (Phi) is 7.53. The first-order valence-corrected chi connectivity index (χ1v) is 5.80. The largest absolute Gasteiger partial charge is 0.444 e. The molecule has 5 nitrogen and oxygen atoms in total. The van der Waals surface area contributed by atoms with Gasteiger partial charge in [-0.3, -0.25) is 0 Å². The summed E-state index contributed by atoms with van der Waals surface area (Å²) in [4.78, 5) is 11.2. The van der Waals surface area contributed by atoms with Crippen LogP contribution in [0.25, 0.3) is 0 Å². The number of ether oxygens (including phenoxy) is 1. The van der Waals surface area contributed by atoms with Gasteiger partial charge in [-0.25, -0.2) is 9.18 Å². The summed E-state index contributed by atoms with van der Waals surface area (Å²) >= 11 is 4.85. The summed E-state index contributed by atoms with van der Waals surface area (Å²) in [6, 6.07) is 0. The summed E-state index contributed by atoms with van der Waals surface area (Å²) in [6.07, 6.45) is -0.470. The molecule has 17 heavy (non-hydrogen) atoms. The normalized spacial score (nSPS) is 10.6. The number of carbonyl (C=O) groups is 1. The van der Waals surface area contributed by atoms with Gasteiger partial charge in [-0.1, -0.05) is 0 Å². The van der Waals surface area contributed by atoms with Crippen LogP contribution < -0.4 is 16.0 Å². The number of alkyl carbamates (subject to hydrolysis) is 1. The number of carbonyl (C=O) groups excluding carboxylic acids is 1. The Morgan fingerprint density at radius 1 is 1.18 bits per heavy atom. The van der Waals surface area contributed by atoms with Crippen LogP contribution in [0.2, 0.25) is 0 Å². The number of halogens is 1. The first-order chi connectivity index (χ1) is 7.85. The first kappa shape index (κ1) is 15.9. The fourth-order valence-electron chi connectivity index (χ4n) is 0.878. The number of rotatable bonds is 5. The molecule has 0 unspecified atom stereocenters. The van der Waals surface area contributed by atoms with Gasteiger partial charge in [0.05, 0.1) is 0 Å². The highest BCUT2D eigenvalue weighted by Gasteiger charge is 2.15. The second-order valence-electron chi connectivity index (χ2n) is 4.30. The van der Waals surface area contributed by atoms with E-state index < -0.39 is 18.4 Å². The number of thiocarbonyl (C=S) groups is 1. The molecule has 0 saturated carbocycles. The van der Waals surface area contributed by atoms with Gasteiger partial charge in [-0.15, -0.1) is 0 Å². The summed E-state index contributed by atoms with van der Waals surface area (Å²) < 4.78 is 16.8. The third-order valence-corrected chi connectivity index (χ3v) is 1.75. The molecule has 0 saturated heterocycles. The van der Waals surface area contributed by atoms with Gasteiger partial charge in [-0.2, -0.15) is 0 Å². The van der Waals surface area contributed by atoms with Crippen molar-refractivity contribution < 1.29 is 13.9 Å². The highest BCUT2D eigenvalue weighted by molar-refractivity contribution is 7.80. The van der Waals surface area contributed by atoms with E-state index >= 15 is 0 Å². The van der Waals surface area contributed by atoms with Crippen LogP contribution in [0.4, 0.5) is 9.18 Å². The van der Waals surface area contributed by atoms with E-state index in [0.29, 0.717) is 18.2 Å². The molecule has 0 aromatic carbocycles. The lowest BCUT2D eigenvalue weighted by molar-refractivity contribution is 0.0529. The van der Waals surface area contributed by atoms with E-state index in [1.807, 2.05) is 0 Å². The van der Waals surface area contributed by atoms with Crippen molar-refractivity contribution in [2.75, 3.05) is 26.3 Å². The molecule has 0 fully saturated rings. The molecular formula is C10H20FN3O2S. The van der Waals surface area contributed by atoms with Crippen molar-refractivity contribution >= 4 is 23.4 Å². The number of amides is 1. The first-order valence-electron chi connectivity index (χ1n) is 5.39. The summed E-state index contributed by atoms with van der Waals surface area (Å²) in [6.45, 7) is 5.93. The van der Waals surface area contributed by atoms with E-state index in [4.69, 9.17) is 17.0 Å².